The zero-order chi connectivity index (χ0) is 15.9. The molecule has 4 nitrogen and oxygen atoms in total. The van der Waals surface area contributed by atoms with E-state index in [0.717, 1.165) is 16.9 Å². The Morgan fingerprint density at radius 3 is 2.73 bits per heavy atom. The highest BCUT2D eigenvalue weighted by atomic mass is 16.5. The number of carbonyl (C=O) groups is 1. The maximum absolute atomic E-state index is 11.0. The number of rotatable bonds is 7. The molecule has 0 aliphatic carbocycles. The van der Waals surface area contributed by atoms with Crippen LogP contribution in [0, 0.1) is 0 Å². The van der Waals surface area contributed by atoms with Crippen LogP contribution < -0.4 is 10.1 Å². The number of hydrogen-bond acceptors (Lipinski definition) is 3. The highest BCUT2D eigenvalue weighted by Gasteiger charge is 2.07. The highest BCUT2D eigenvalue weighted by molar-refractivity contribution is 5.87. The van der Waals surface area contributed by atoms with Gasteiger partial charge in [-0.05, 0) is 49.2 Å². The fourth-order valence-corrected chi connectivity index (χ4v) is 2.24. The van der Waals surface area contributed by atoms with E-state index in [4.69, 9.17) is 9.84 Å². The van der Waals surface area contributed by atoms with Crippen LogP contribution >= 0.6 is 0 Å². The summed E-state index contributed by atoms with van der Waals surface area (Å²) < 4.78 is 5.51. The van der Waals surface area contributed by atoms with Crippen LogP contribution in [-0.4, -0.2) is 17.7 Å². The van der Waals surface area contributed by atoms with Gasteiger partial charge in [0.1, 0.15) is 5.75 Å². The lowest BCUT2D eigenvalue weighted by Gasteiger charge is -2.15. The molecule has 0 saturated carbocycles. The van der Waals surface area contributed by atoms with Gasteiger partial charge in [0, 0.05) is 12.6 Å². The van der Waals surface area contributed by atoms with E-state index in [1.807, 2.05) is 37.3 Å². The lowest BCUT2D eigenvalue weighted by Crippen LogP contribution is -2.18. The Bertz CT molecular complexity index is 640. The summed E-state index contributed by atoms with van der Waals surface area (Å²) in [5, 5.41) is 12.4. The van der Waals surface area contributed by atoms with Crippen LogP contribution in [-0.2, 0) is 6.54 Å². The lowest BCUT2D eigenvalue weighted by atomic mass is 10.1. The van der Waals surface area contributed by atoms with E-state index < -0.39 is 5.97 Å². The Morgan fingerprint density at radius 1 is 1.23 bits per heavy atom. The first kappa shape index (κ1) is 16.0. The Balaban J connectivity index is 2.00. The summed E-state index contributed by atoms with van der Waals surface area (Å²) in [6.07, 6.45) is 0. The summed E-state index contributed by atoms with van der Waals surface area (Å²) in [6.45, 7) is 5.30. The zero-order valence-electron chi connectivity index (χ0n) is 12.9. The number of carboxylic acid groups (broad SMARTS) is 1. The van der Waals surface area contributed by atoms with Crippen molar-refractivity contribution in [3.8, 4) is 5.75 Å². The van der Waals surface area contributed by atoms with Gasteiger partial charge in [-0.2, -0.15) is 0 Å². The Hall–Kier alpha value is -2.33. The monoisotopic (exact) mass is 299 g/mol. The van der Waals surface area contributed by atoms with Crippen molar-refractivity contribution in [2.24, 2.45) is 0 Å². The number of benzene rings is 2. The number of hydrogen-bond donors (Lipinski definition) is 2. The Kier molecular flexibility index (Phi) is 5.55. The molecule has 2 N–H and O–H groups in total. The summed E-state index contributed by atoms with van der Waals surface area (Å²) in [5.74, 6) is -0.0409. The second kappa shape index (κ2) is 7.61. The molecule has 116 valence electrons. The van der Waals surface area contributed by atoms with Gasteiger partial charge in [-0.1, -0.05) is 24.3 Å². The van der Waals surface area contributed by atoms with Gasteiger partial charge in [-0.3, -0.25) is 0 Å². The van der Waals surface area contributed by atoms with Gasteiger partial charge in [0.15, 0.2) is 0 Å². The van der Waals surface area contributed by atoms with E-state index >= 15 is 0 Å². The smallest absolute Gasteiger partial charge is 0.335 e. The first-order valence-electron chi connectivity index (χ1n) is 7.38. The number of aromatic carboxylic acids is 1. The zero-order valence-corrected chi connectivity index (χ0v) is 12.9. The van der Waals surface area contributed by atoms with Crippen LogP contribution in [0.3, 0.4) is 0 Å². The van der Waals surface area contributed by atoms with Crippen LogP contribution in [0.2, 0.25) is 0 Å². The van der Waals surface area contributed by atoms with Gasteiger partial charge in [-0.25, -0.2) is 4.79 Å². The molecule has 1 unspecified atom stereocenters. The van der Waals surface area contributed by atoms with Gasteiger partial charge in [0.05, 0.1) is 12.2 Å². The van der Waals surface area contributed by atoms with E-state index in [1.54, 1.807) is 18.2 Å². The van der Waals surface area contributed by atoms with Gasteiger partial charge in [0.2, 0.25) is 0 Å². The molecule has 1 atom stereocenters. The maximum Gasteiger partial charge on any atom is 0.335 e. The molecule has 0 radical (unpaired) electrons. The normalized spacial score (nSPS) is 11.9. The minimum atomic E-state index is -0.903. The minimum Gasteiger partial charge on any atom is -0.494 e. The molecule has 4 heteroatoms. The molecule has 2 aromatic carbocycles. The molecule has 0 fully saturated rings. The lowest BCUT2D eigenvalue weighted by molar-refractivity contribution is 0.0696. The largest absolute Gasteiger partial charge is 0.494 e. The fourth-order valence-electron chi connectivity index (χ4n) is 2.24. The molecule has 0 bridgehead atoms. The Labute approximate surface area is 130 Å². The molecular formula is C18H21NO3. The van der Waals surface area contributed by atoms with Crippen molar-refractivity contribution < 1.29 is 14.6 Å². The maximum atomic E-state index is 11.0. The average Bonchev–Trinajstić information content (AvgIpc) is 2.53. The summed E-state index contributed by atoms with van der Waals surface area (Å²) in [6, 6.07) is 15.1. The van der Waals surface area contributed by atoms with Crippen molar-refractivity contribution in [3.63, 3.8) is 0 Å². The van der Waals surface area contributed by atoms with E-state index in [9.17, 15) is 4.79 Å². The SMILES string of the molecule is CCOc1cccc(C(C)NCc2cccc(C(=O)O)c2)c1. The van der Waals surface area contributed by atoms with E-state index in [-0.39, 0.29) is 6.04 Å². The second-order valence-corrected chi connectivity index (χ2v) is 5.11. The highest BCUT2D eigenvalue weighted by Crippen LogP contribution is 2.19. The van der Waals surface area contributed by atoms with Gasteiger partial charge >= 0.3 is 5.97 Å². The molecule has 0 aliphatic heterocycles. The molecule has 0 heterocycles. The van der Waals surface area contributed by atoms with Crippen molar-refractivity contribution in [2.45, 2.75) is 26.4 Å². The molecule has 0 aliphatic rings. The van der Waals surface area contributed by atoms with Crippen molar-refractivity contribution in [1.82, 2.24) is 5.32 Å². The third-order valence-corrected chi connectivity index (χ3v) is 3.46. The van der Waals surface area contributed by atoms with Crippen LogP contribution in [0.1, 0.15) is 41.4 Å². The van der Waals surface area contributed by atoms with Crippen LogP contribution in [0.5, 0.6) is 5.75 Å². The molecule has 2 rings (SSSR count). The molecule has 2 aromatic rings. The average molecular weight is 299 g/mol. The molecular weight excluding hydrogens is 278 g/mol. The van der Waals surface area contributed by atoms with Crippen LogP contribution in [0.15, 0.2) is 48.5 Å². The predicted molar refractivity (Wildman–Crippen MR) is 86.3 cm³/mol. The molecule has 0 aromatic heterocycles. The third-order valence-electron chi connectivity index (χ3n) is 3.46. The van der Waals surface area contributed by atoms with Gasteiger partial charge in [0.25, 0.3) is 0 Å². The van der Waals surface area contributed by atoms with E-state index in [2.05, 4.69) is 12.2 Å². The minimum absolute atomic E-state index is 0.147. The first-order chi connectivity index (χ1) is 10.6. The van der Waals surface area contributed by atoms with Crippen molar-refractivity contribution in [2.75, 3.05) is 6.61 Å². The molecule has 0 amide bonds. The van der Waals surface area contributed by atoms with Crippen molar-refractivity contribution in [3.05, 3.63) is 65.2 Å². The number of ether oxygens (including phenoxy) is 1. The van der Waals surface area contributed by atoms with Gasteiger partial charge in [-0.15, -0.1) is 0 Å². The number of nitrogens with one attached hydrogen (secondary N) is 1. The van der Waals surface area contributed by atoms with Crippen molar-refractivity contribution in [1.29, 1.82) is 0 Å². The summed E-state index contributed by atoms with van der Waals surface area (Å²) in [4.78, 5) is 11.0. The summed E-state index contributed by atoms with van der Waals surface area (Å²) in [7, 11) is 0. The summed E-state index contributed by atoms with van der Waals surface area (Å²) in [5.41, 5.74) is 2.40. The fraction of sp³-hybridized carbons (Fsp3) is 0.278. The quantitative estimate of drug-likeness (QED) is 0.819. The van der Waals surface area contributed by atoms with Crippen molar-refractivity contribution >= 4 is 5.97 Å². The molecule has 22 heavy (non-hydrogen) atoms. The molecule has 0 spiro atoms. The third kappa shape index (κ3) is 4.33. The van der Waals surface area contributed by atoms with Gasteiger partial charge < -0.3 is 15.2 Å². The second-order valence-electron chi connectivity index (χ2n) is 5.11. The Morgan fingerprint density at radius 2 is 2.00 bits per heavy atom. The number of carboxylic acids is 1. The van der Waals surface area contributed by atoms with E-state index in [0.29, 0.717) is 18.7 Å². The molecule has 0 saturated heterocycles. The van der Waals surface area contributed by atoms with E-state index in [1.165, 1.54) is 0 Å². The first-order valence-corrected chi connectivity index (χ1v) is 7.38. The van der Waals surface area contributed by atoms with Crippen LogP contribution in [0.4, 0.5) is 0 Å². The predicted octanol–water partition coefficient (Wildman–Crippen LogP) is 3.63. The van der Waals surface area contributed by atoms with Crippen LogP contribution in [0.25, 0.3) is 0 Å². The topological polar surface area (TPSA) is 58.6 Å². The standard InChI is InChI=1S/C18H21NO3/c1-3-22-17-9-5-7-15(11-17)13(2)19-12-14-6-4-8-16(10-14)18(20)21/h4-11,13,19H,3,12H2,1-2H3,(H,20,21). The summed E-state index contributed by atoms with van der Waals surface area (Å²) >= 11 is 0.